The van der Waals surface area contributed by atoms with Crippen LogP contribution in [0.2, 0.25) is 0 Å². The first-order valence-electron chi connectivity index (χ1n) is 12.7. The third-order valence-electron chi connectivity index (χ3n) is 6.37. The number of sulfonamides is 1. The summed E-state index contributed by atoms with van der Waals surface area (Å²) in [7, 11) is -3.63. The van der Waals surface area contributed by atoms with Gasteiger partial charge in [0, 0.05) is 34.6 Å². The number of nitrogens with one attached hydrogen (secondary N) is 1. The summed E-state index contributed by atoms with van der Waals surface area (Å²) in [6, 6.07) is 22.1. The maximum absolute atomic E-state index is 13.0. The van der Waals surface area contributed by atoms with E-state index >= 15 is 0 Å². The van der Waals surface area contributed by atoms with Gasteiger partial charge in [-0.3, -0.25) is 9.36 Å². The lowest BCUT2D eigenvalue weighted by atomic mass is 10.2. The van der Waals surface area contributed by atoms with Crippen LogP contribution in [-0.4, -0.2) is 59.7 Å². The number of nitrogens with zero attached hydrogens (tertiary/aromatic N) is 4. The highest BCUT2D eigenvalue weighted by molar-refractivity contribution is 9.10. The molecule has 0 spiro atoms. The number of amides is 1. The van der Waals surface area contributed by atoms with Gasteiger partial charge in [-0.2, -0.15) is 4.31 Å². The molecule has 4 aromatic rings. The third kappa shape index (κ3) is 6.64. The Labute approximate surface area is 246 Å². The van der Waals surface area contributed by atoms with Gasteiger partial charge in [0.15, 0.2) is 11.0 Å². The average molecular weight is 643 g/mol. The summed E-state index contributed by atoms with van der Waals surface area (Å²) in [5.41, 5.74) is 3.51. The van der Waals surface area contributed by atoms with Crippen molar-refractivity contribution in [1.82, 2.24) is 24.4 Å². The third-order valence-corrected chi connectivity index (χ3v) is 9.81. The van der Waals surface area contributed by atoms with Gasteiger partial charge in [0.25, 0.3) is 5.91 Å². The number of morpholine rings is 1. The monoisotopic (exact) mass is 641 g/mol. The Morgan fingerprint density at radius 1 is 1.02 bits per heavy atom. The van der Waals surface area contributed by atoms with Crippen LogP contribution in [0.1, 0.15) is 27.3 Å². The van der Waals surface area contributed by atoms with Crippen LogP contribution in [0.15, 0.2) is 87.3 Å². The van der Waals surface area contributed by atoms with E-state index in [1.165, 1.54) is 28.6 Å². The molecule has 0 saturated carbocycles. The quantitative estimate of drug-likeness (QED) is 0.267. The first-order valence-corrected chi connectivity index (χ1v) is 15.9. The van der Waals surface area contributed by atoms with Crippen LogP contribution in [0.5, 0.6) is 0 Å². The van der Waals surface area contributed by atoms with E-state index < -0.39 is 10.0 Å². The normalized spacial score (nSPS) is 14.2. The van der Waals surface area contributed by atoms with Crippen molar-refractivity contribution < 1.29 is 17.9 Å². The van der Waals surface area contributed by atoms with Gasteiger partial charge in [-0.1, -0.05) is 52.0 Å². The van der Waals surface area contributed by atoms with Gasteiger partial charge in [0.05, 0.1) is 24.7 Å². The first kappa shape index (κ1) is 28.5. The Kier molecular flexibility index (Phi) is 9.01. The van der Waals surface area contributed by atoms with Crippen molar-refractivity contribution in [1.29, 1.82) is 0 Å². The predicted octanol–water partition coefficient (Wildman–Crippen LogP) is 4.58. The molecule has 0 bridgehead atoms. The van der Waals surface area contributed by atoms with Gasteiger partial charge >= 0.3 is 0 Å². The average Bonchev–Trinajstić information content (AvgIpc) is 3.39. The second-order valence-electron chi connectivity index (χ2n) is 9.21. The SMILES string of the molecule is Cc1cccc(-n2c(CNC(=O)c3ccc(S(=O)(=O)N4CCOCC4)cc3)nnc2SCc2ccc(Br)cc2)c1. The molecule has 0 unspecified atom stereocenters. The molecule has 40 heavy (non-hydrogen) atoms. The molecule has 5 rings (SSSR count). The minimum absolute atomic E-state index is 0.145. The van der Waals surface area contributed by atoms with Crippen molar-refractivity contribution in [3.63, 3.8) is 0 Å². The smallest absolute Gasteiger partial charge is 0.251 e. The number of hydrogen-bond acceptors (Lipinski definition) is 7. The van der Waals surface area contributed by atoms with Gasteiger partial charge < -0.3 is 10.1 Å². The molecule has 0 atom stereocenters. The van der Waals surface area contributed by atoms with Gasteiger partial charge in [-0.25, -0.2) is 8.42 Å². The molecule has 1 aromatic heterocycles. The number of rotatable bonds is 9. The number of aryl methyl sites for hydroxylation is 1. The van der Waals surface area contributed by atoms with Crippen LogP contribution in [0.3, 0.4) is 0 Å². The summed E-state index contributed by atoms with van der Waals surface area (Å²) in [5.74, 6) is 0.963. The fourth-order valence-electron chi connectivity index (χ4n) is 4.24. The van der Waals surface area contributed by atoms with Crippen molar-refractivity contribution in [2.75, 3.05) is 26.3 Å². The summed E-state index contributed by atoms with van der Waals surface area (Å²) in [6.07, 6.45) is 0. The summed E-state index contributed by atoms with van der Waals surface area (Å²) < 4.78 is 35.4. The summed E-state index contributed by atoms with van der Waals surface area (Å²) in [4.78, 5) is 13.1. The first-order chi connectivity index (χ1) is 19.3. The second kappa shape index (κ2) is 12.6. The van der Waals surface area contributed by atoms with Gasteiger partial charge in [0.1, 0.15) is 0 Å². The molecule has 9 nitrogen and oxygen atoms in total. The van der Waals surface area contributed by atoms with Crippen molar-refractivity contribution in [2.24, 2.45) is 0 Å². The molecule has 2 heterocycles. The maximum Gasteiger partial charge on any atom is 0.251 e. The van der Waals surface area contributed by atoms with E-state index in [-0.39, 0.29) is 17.3 Å². The van der Waals surface area contributed by atoms with Gasteiger partial charge in [-0.05, 0) is 66.6 Å². The molecule has 1 N–H and O–H groups in total. The lowest BCUT2D eigenvalue weighted by molar-refractivity contribution is 0.0730. The van der Waals surface area contributed by atoms with E-state index in [1.54, 1.807) is 11.8 Å². The molecule has 1 amide bonds. The van der Waals surface area contributed by atoms with E-state index in [4.69, 9.17) is 4.74 Å². The lowest BCUT2D eigenvalue weighted by Crippen LogP contribution is -2.40. The van der Waals surface area contributed by atoms with Crippen molar-refractivity contribution in [2.45, 2.75) is 29.3 Å². The molecule has 0 aliphatic carbocycles. The standard InChI is InChI=1S/C28H28BrN5O4S2/c1-20-3-2-4-24(17-20)34-26(31-32-28(34)39-19-21-5-9-23(29)10-6-21)18-30-27(35)22-7-11-25(12-8-22)40(36,37)33-13-15-38-16-14-33/h2-12,17H,13-16,18-19H2,1H3,(H,30,35). The minimum Gasteiger partial charge on any atom is -0.379 e. The highest BCUT2D eigenvalue weighted by atomic mass is 79.9. The maximum atomic E-state index is 13.0. The number of carbonyl (C=O) groups is 1. The number of hydrogen-bond donors (Lipinski definition) is 1. The number of ether oxygens (including phenoxy) is 1. The molecule has 1 aliphatic rings. The Hall–Kier alpha value is -3.03. The van der Waals surface area contributed by atoms with Crippen LogP contribution in [-0.2, 0) is 27.1 Å². The highest BCUT2D eigenvalue weighted by Gasteiger charge is 2.26. The van der Waals surface area contributed by atoms with Crippen LogP contribution in [0.4, 0.5) is 0 Å². The number of halogens is 1. The molecule has 12 heteroatoms. The second-order valence-corrected chi connectivity index (χ2v) is 13.0. The number of carbonyl (C=O) groups excluding carboxylic acids is 1. The predicted molar refractivity (Wildman–Crippen MR) is 157 cm³/mol. The highest BCUT2D eigenvalue weighted by Crippen LogP contribution is 2.26. The summed E-state index contributed by atoms with van der Waals surface area (Å²) in [5, 5.41) is 12.4. The van der Waals surface area contributed by atoms with E-state index in [2.05, 4.69) is 43.6 Å². The summed E-state index contributed by atoms with van der Waals surface area (Å²) >= 11 is 5.03. The van der Waals surface area contributed by atoms with E-state index in [0.717, 1.165) is 26.4 Å². The Morgan fingerprint density at radius 3 is 2.45 bits per heavy atom. The van der Waals surface area contributed by atoms with Gasteiger partial charge in [0.2, 0.25) is 10.0 Å². The minimum atomic E-state index is -3.63. The molecule has 1 saturated heterocycles. The Bertz CT molecular complexity index is 1590. The van der Waals surface area contributed by atoms with Crippen LogP contribution < -0.4 is 5.32 Å². The number of aromatic nitrogens is 3. The lowest BCUT2D eigenvalue weighted by Gasteiger charge is -2.26. The zero-order valence-corrected chi connectivity index (χ0v) is 25.0. The Balaban J connectivity index is 1.31. The van der Waals surface area contributed by atoms with Crippen LogP contribution >= 0.6 is 27.7 Å². The summed E-state index contributed by atoms with van der Waals surface area (Å²) in [6.45, 7) is 3.54. The molecule has 0 radical (unpaired) electrons. The fourth-order valence-corrected chi connectivity index (χ4v) is 6.84. The fraction of sp³-hybridized carbons (Fsp3) is 0.250. The van der Waals surface area contributed by atoms with E-state index in [9.17, 15) is 13.2 Å². The molecule has 1 aliphatic heterocycles. The zero-order valence-electron chi connectivity index (χ0n) is 21.8. The van der Waals surface area contributed by atoms with E-state index in [1.807, 2.05) is 47.9 Å². The topological polar surface area (TPSA) is 106 Å². The molecular formula is C28H28BrN5O4S2. The van der Waals surface area contributed by atoms with Crippen molar-refractivity contribution in [3.8, 4) is 5.69 Å². The molecule has 208 valence electrons. The zero-order chi connectivity index (χ0) is 28.1. The van der Waals surface area contributed by atoms with Crippen LogP contribution in [0.25, 0.3) is 5.69 Å². The van der Waals surface area contributed by atoms with Crippen molar-refractivity contribution >= 4 is 43.6 Å². The van der Waals surface area contributed by atoms with Gasteiger partial charge in [-0.15, -0.1) is 10.2 Å². The van der Waals surface area contributed by atoms with Crippen LogP contribution in [0, 0.1) is 6.92 Å². The largest absolute Gasteiger partial charge is 0.379 e. The Morgan fingerprint density at radius 2 is 1.75 bits per heavy atom. The molecular weight excluding hydrogens is 614 g/mol. The number of thioether (sulfide) groups is 1. The van der Waals surface area contributed by atoms with E-state index in [0.29, 0.717) is 43.4 Å². The number of benzene rings is 3. The molecule has 1 fully saturated rings. The van der Waals surface area contributed by atoms with Crippen molar-refractivity contribution in [3.05, 3.63) is 99.8 Å². The molecule has 3 aromatic carbocycles.